The molecule has 1 unspecified atom stereocenters. The van der Waals surface area contributed by atoms with Crippen LogP contribution in [0.4, 0.5) is 13.2 Å². The number of thiocarbonyl (C=S) groups is 1. The van der Waals surface area contributed by atoms with Crippen molar-refractivity contribution in [1.82, 2.24) is 10.6 Å². The molecular weight excluding hydrogens is 323 g/mol. The van der Waals surface area contributed by atoms with E-state index in [1.807, 2.05) is 13.1 Å². The molecule has 0 fully saturated rings. The standard InChI is InChI=1S/C16H16F3N3S/c1-20-14-5-6-22-15(10-23)13(14)9-21-8-11-3-2-4-12(7-11)16(17,18)19/h2-7,9-10,14,20-21H,8H2,1H3/b13-9+. The lowest BCUT2D eigenvalue weighted by Crippen LogP contribution is -2.32. The molecule has 122 valence electrons. The van der Waals surface area contributed by atoms with Gasteiger partial charge in [0.2, 0.25) is 0 Å². The zero-order valence-electron chi connectivity index (χ0n) is 12.4. The first-order valence-electron chi connectivity index (χ1n) is 6.92. The Morgan fingerprint density at radius 1 is 1.35 bits per heavy atom. The third-order valence-corrected chi connectivity index (χ3v) is 3.59. The fraction of sp³-hybridized carbons (Fsp3) is 0.250. The molecule has 1 aliphatic heterocycles. The van der Waals surface area contributed by atoms with Crippen molar-refractivity contribution in [1.29, 1.82) is 0 Å². The van der Waals surface area contributed by atoms with Gasteiger partial charge in [-0.05, 0) is 30.8 Å². The number of benzene rings is 1. The number of rotatable bonds is 5. The van der Waals surface area contributed by atoms with Crippen LogP contribution in [-0.2, 0) is 12.7 Å². The Labute approximate surface area is 138 Å². The summed E-state index contributed by atoms with van der Waals surface area (Å²) in [5.74, 6) is 0. The maximum atomic E-state index is 12.7. The summed E-state index contributed by atoms with van der Waals surface area (Å²) < 4.78 is 38.1. The number of nitrogens with zero attached hydrogens (tertiary/aromatic N) is 1. The maximum Gasteiger partial charge on any atom is 0.416 e. The molecule has 0 aliphatic carbocycles. The molecule has 3 nitrogen and oxygen atoms in total. The van der Waals surface area contributed by atoms with Crippen LogP contribution in [-0.4, -0.2) is 24.2 Å². The SMILES string of the molecule is CNC1C=CN=C(C=S)/C1=C/NCc1cccc(C(F)(F)F)c1. The summed E-state index contributed by atoms with van der Waals surface area (Å²) in [7, 11) is 1.81. The van der Waals surface area contributed by atoms with Crippen molar-refractivity contribution in [3.8, 4) is 0 Å². The Bertz CT molecular complexity index is 663. The lowest BCUT2D eigenvalue weighted by molar-refractivity contribution is -0.137. The summed E-state index contributed by atoms with van der Waals surface area (Å²) in [5.41, 5.74) is 1.39. The molecule has 0 saturated heterocycles. The van der Waals surface area contributed by atoms with Gasteiger partial charge in [0.05, 0.1) is 17.3 Å². The molecule has 1 aromatic rings. The van der Waals surface area contributed by atoms with E-state index in [4.69, 9.17) is 12.2 Å². The van der Waals surface area contributed by atoms with Crippen molar-refractivity contribution in [3.05, 3.63) is 59.4 Å². The molecule has 1 aromatic carbocycles. The van der Waals surface area contributed by atoms with E-state index in [0.29, 0.717) is 11.3 Å². The summed E-state index contributed by atoms with van der Waals surface area (Å²) in [6.07, 6.45) is 0.938. The third kappa shape index (κ3) is 4.49. The van der Waals surface area contributed by atoms with E-state index in [0.717, 1.165) is 17.7 Å². The molecule has 0 bridgehead atoms. The second-order valence-corrected chi connectivity index (χ2v) is 5.15. The first-order chi connectivity index (χ1) is 11.0. The largest absolute Gasteiger partial charge is 0.416 e. The van der Waals surface area contributed by atoms with E-state index in [2.05, 4.69) is 15.6 Å². The molecule has 1 aliphatic rings. The first kappa shape index (κ1) is 17.4. The molecule has 7 heteroatoms. The van der Waals surface area contributed by atoms with Crippen LogP contribution >= 0.6 is 12.2 Å². The van der Waals surface area contributed by atoms with Crippen LogP contribution in [0.5, 0.6) is 0 Å². The van der Waals surface area contributed by atoms with Gasteiger partial charge < -0.3 is 10.6 Å². The van der Waals surface area contributed by atoms with E-state index in [9.17, 15) is 13.2 Å². The molecule has 1 heterocycles. The number of alkyl halides is 3. The van der Waals surface area contributed by atoms with E-state index < -0.39 is 11.7 Å². The minimum Gasteiger partial charge on any atom is -0.386 e. The zero-order chi connectivity index (χ0) is 16.9. The predicted octanol–water partition coefficient (Wildman–Crippen LogP) is 3.23. The number of halogens is 3. The summed E-state index contributed by atoms with van der Waals surface area (Å²) in [4.78, 5) is 4.18. The monoisotopic (exact) mass is 339 g/mol. The van der Waals surface area contributed by atoms with Crippen LogP contribution in [0.15, 0.2) is 53.3 Å². The van der Waals surface area contributed by atoms with Crippen molar-refractivity contribution in [2.45, 2.75) is 18.8 Å². The van der Waals surface area contributed by atoms with E-state index in [1.54, 1.807) is 18.5 Å². The van der Waals surface area contributed by atoms with Crippen molar-refractivity contribution >= 4 is 23.3 Å². The summed E-state index contributed by atoms with van der Waals surface area (Å²) in [5, 5.41) is 7.61. The lowest BCUT2D eigenvalue weighted by Gasteiger charge is -2.19. The Balaban J connectivity index is 2.10. The van der Waals surface area contributed by atoms with Gasteiger partial charge in [-0.1, -0.05) is 24.4 Å². The molecule has 0 amide bonds. The van der Waals surface area contributed by atoms with Crippen molar-refractivity contribution in [3.63, 3.8) is 0 Å². The third-order valence-electron chi connectivity index (χ3n) is 3.36. The molecule has 0 aromatic heterocycles. The van der Waals surface area contributed by atoms with E-state index in [1.165, 1.54) is 11.4 Å². The van der Waals surface area contributed by atoms with E-state index in [-0.39, 0.29) is 12.6 Å². The Morgan fingerprint density at radius 2 is 2.13 bits per heavy atom. The molecule has 2 N–H and O–H groups in total. The topological polar surface area (TPSA) is 36.4 Å². The highest BCUT2D eigenvalue weighted by atomic mass is 32.1. The van der Waals surface area contributed by atoms with Crippen molar-refractivity contribution in [2.75, 3.05) is 7.05 Å². The van der Waals surface area contributed by atoms with Crippen LogP contribution in [0.1, 0.15) is 11.1 Å². The molecule has 2 rings (SSSR count). The van der Waals surface area contributed by atoms with Crippen molar-refractivity contribution in [2.24, 2.45) is 4.99 Å². The number of aliphatic imine (C=N–C) groups is 1. The number of likely N-dealkylation sites (N-methyl/N-ethyl adjacent to an activating group) is 1. The average Bonchev–Trinajstić information content (AvgIpc) is 2.54. The fourth-order valence-corrected chi connectivity index (χ4v) is 2.39. The van der Waals surface area contributed by atoms with Gasteiger partial charge in [0, 0.05) is 29.9 Å². The maximum absolute atomic E-state index is 12.7. The number of nitrogens with one attached hydrogen (secondary N) is 2. The van der Waals surface area contributed by atoms with Gasteiger partial charge in [-0.25, -0.2) is 0 Å². The smallest absolute Gasteiger partial charge is 0.386 e. The lowest BCUT2D eigenvalue weighted by atomic mass is 10.0. The van der Waals surface area contributed by atoms with Gasteiger partial charge >= 0.3 is 6.18 Å². The average molecular weight is 339 g/mol. The summed E-state index contributed by atoms with van der Waals surface area (Å²) in [6.45, 7) is 0.276. The Morgan fingerprint density at radius 3 is 2.78 bits per heavy atom. The summed E-state index contributed by atoms with van der Waals surface area (Å²) in [6, 6.07) is 5.19. The second kappa shape index (κ2) is 7.52. The van der Waals surface area contributed by atoms with Crippen LogP contribution in [0, 0.1) is 0 Å². The zero-order valence-corrected chi connectivity index (χ0v) is 13.2. The highest BCUT2D eigenvalue weighted by molar-refractivity contribution is 7.80. The van der Waals surface area contributed by atoms with Crippen molar-refractivity contribution < 1.29 is 13.2 Å². The molecule has 0 radical (unpaired) electrons. The van der Waals surface area contributed by atoms with Gasteiger partial charge in [0.25, 0.3) is 0 Å². The molecule has 0 saturated carbocycles. The minimum atomic E-state index is -4.34. The van der Waals surface area contributed by atoms with Gasteiger partial charge in [0.1, 0.15) is 0 Å². The van der Waals surface area contributed by atoms with Crippen LogP contribution in [0.3, 0.4) is 0 Å². The predicted molar refractivity (Wildman–Crippen MR) is 89.4 cm³/mol. The van der Waals surface area contributed by atoms with Gasteiger partial charge in [-0.2, -0.15) is 13.2 Å². The highest BCUT2D eigenvalue weighted by Crippen LogP contribution is 2.29. The molecule has 1 atom stereocenters. The fourth-order valence-electron chi connectivity index (χ4n) is 2.20. The van der Waals surface area contributed by atoms with Crippen LogP contribution < -0.4 is 10.6 Å². The summed E-state index contributed by atoms with van der Waals surface area (Å²) >= 11 is 4.94. The van der Waals surface area contributed by atoms with Gasteiger partial charge in [0.15, 0.2) is 0 Å². The van der Waals surface area contributed by atoms with Crippen LogP contribution in [0.2, 0.25) is 0 Å². The highest BCUT2D eigenvalue weighted by Gasteiger charge is 2.30. The van der Waals surface area contributed by atoms with Gasteiger partial charge in [-0.15, -0.1) is 0 Å². The van der Waals surface area contributed by atoms with Gasteiger partial charge in [-0.3, -0.25) is 4.99 Å². The van der Waals surface area contributed by atoms with E-state index >= 15 is 0 Å². The Kier molecular flexibility index (Phi) is 5.68. The number of hydrogen-bond donors (Lipinski definition) is 2. The number of hydrogen-bond acceptors (Lipinski definition) is 4. The van der Waals surface area contributed by atoms with Crippen LogP contribution in [0.25, 0.3) is 0 Å². The quantitative estimate of drug-likeness (QED) is 0.809. The molecule has 23 heavy (non-hydrogen) atoms. The first-order valence-corrected chi connectivity index (χ1v) is 7.39. The molecule has 0 spiro atoms. The Hall–Kier alpha value is -1.99. The second-order valence-electron chi connectivity index (χ2n) is 4.92. The normalized spacial score (nSPS) is 19.6. The minimum absolute atomic E-state index is 0.0456. The molecular formula is C16H16F3N3S.